The summed E-state index contributed by atoms with van der Waals surface area (Å²) >= 11 is 0. The Kier molecular flexibility index (Phi) is 7.37. The van der Waals surface area contributed by atoms with Crippen molar-refractivity contribution in [2.75, 3.05) is 5.32 Å². The van der Waals surface area contributed by atoms with Gasteiger partial charge in [0.15, 0.2) is 5.69 Å². The summed E-state index contributed by atoms with van der Waals surface area (Å²) in [6.07, 6.45) is -1.59. The van der Waals surface area contributed by atoms with E-state index in [2.05, 4.69) is 15.3 Å². The summed E-state index contributed by atoms with van der Waals surface area (Å²) in [7, 11) is 0. The van der Waals surface area contributed by atoms with Crippen LogP contribution in [0.3, 0.4) is 0 Å². The zero-order valence-corrected chi connectivity index (χ0v) is 19.5. The summed E-state index contributed by atoms with van der Waals surface area (Å²) in [6.45, 7) is 0.830. The van der Waals surface area contributed by atoms with Gasteiger partial charge in [-0.15, -0.1) is 0 Å². The minimum atomic E-state index is -2.90. The lowest BCUT2D eigenvalue weighted by Gasteiger charge is -2.16. The molecule has 0 aliphatic rings. The maximum absolute atomic E-state index is 13.0. The number of alkyl halides is 2. The second kappa shape index (κ2) is 10.8. The van der Waals surface area contributed by atoms with Crippen LogP contribution >= 0.6 is 0 Å². The third-order valence-electron chi connectivity index (χ3n) is 5.23. The molecule has 0 bridgehead atoms. The van der Waals surface area contributed by atoms with Gasteiger partial charge in [0.1, 0.15) is 11.5 Å². The topological polar surface area (TPSA) is 128 Å². The quantitative estimate of drug-likeness (QED) is 0.350. The van der Waals surface area contributed by atoms with Crippen molar-refractivity contribution in [2.45, 2.75) is 26.4 Å². The fourth-order valence-electron chi connectivity index (χ4n) is 3.40. The normalized spacial score (nSPS) is 10.9. The number of benzene rings is 2. The zero-order valence-electron chi connectivity index (χ0n) is 19.5. The number of halogens is 2. The summed E-state index contributed by atoms with van der Waals surface area (Å²) in [5.41, 5.74) is -0.0425. The molecular weight excluding hydrogens is 488 g/mol. The van der Waals surface area contributed by atoms with Gasteiger partial charge in [-0.05, 0) is 42.8 Å². The van der Waals surface area contributed by atoms with E-state index in [4.69, 9.17) is 9.84 Å². The van der Waals surface area contributed by atoms with Crippen LogP contribution in [0.15, 0.2) is 76.4 Å². The van der Waals surface area contributed by atoms with Gasteiger partial charge in [-0.1, -0.05) is 29.8 Å². The molecule has 0 aliphatic heterocycles. The molecule has 37 heavy (non-hydrogen) atoms. The molecule has 0 saturated carbocycles. The highest BCUT2D eigenvalue weighted by atomic mass is 19.3. The number of carboxylic acids is 1. The standard InChI is InChI=1S/C25H21F2N5O5/c1-15-2-4-16(5-3-15)13-31-23(30-24(35)32(25(31)36)14-21(26)27)29-17-6-8-18(9-7-17)37-19-10-11-28-20(12-19)22(33)34/h2-12,21H,13-14H2,1H3,(H,33,34)(H,29,30,35). The molecule has 0 fully saturated rings. The van der Waals surface area contributed by atoms with E-state index < -0.39 is 30.3 Å². The van der Waals surface area contributed by atoms with Gasteiger partial charge in [0.2, 0.25) is 5.95 Å². The molecule has 0 saturated heterocycles. The minimum Gasteiger partial charge on any atom is -0.477 e. The number of nitrogens with one attached hydrogen (secondary N) is 1. The van der Waals surface area contributed by atoms with Crippen molar-refractivity contribution in [3.63, 3.8) is 0 Å². The Morgan fingerprint density at radius 1 is 1.03 bits per heavy atom. The molecule has 2 heterocycles. The van der Waals surface area contributed by atoms with Crippen LogP contribution in [0.1, 0.15) is 21.6 Å². The Balaban J connectivity index is 1.62. The molecule has 4 rings (SSSR count). The van der Waals surface area contributed by atoms with Crippen molar-refractivity contribution >= 4 is 17.6 Å². The smallest absolute Gasteiger partial charge is 0.355 e. The van der Waals surface area contributed by atoms with E-state index in [9.17, 15) is 23.2 Å². The zero-order chi connectivity index (χ0) is 26.5. The van der Waals surface area contributed by atoms with E-state index in [0.29, 0.717) is 21.6 Å². The van der Waals surface area contributed by atoms with Crippen molar-refractivity contribution < 1.29 is 23.4 Å². The van der Waals surface area contributed by atoms with E-state index in [-0.39, 0.29) is 23.9 Å². The number of nitrogens with zero attached hydrogens (tertiary/aromatic N) is 4. The number of aryl methyl sites for hydroxylation is 1. The van der Waals surface area contributed by atoms with Crippen LogP contribution in [0.25, 0.3) is 0 Å². The minimum absolute atomic E-state index is 0.00683. The number of hydrogen-bond donors (Lipinski definition) is 2. The molecule has 0 spiro atoms. The predicted molar refractivity (Wildman–Crippen MR) is 130 cm³/mol. The first-order valence-electron chi connectivity index (χ1n) is 11.0. The fourth-order valence-corrected chi connectivity index (χ4v) is 3.40. The average molecular weight is 509 g/mol. The van der Waals surface area contributed by atoms with Crippen LogP contribution in [-0.2, 0) is 13.1 Å². The molecule has 0 amide bonds. The summed E-state index contributed by atoms with van der Waals surface area (Å²) in [6, 6.07) is 16.4. The molecule has 4 aromatic rings. The molecule has 190 valence electrons. The number of carboxylic acid groups (broad SMARTS) is 1. The predicted octanol–water partition coefficient (Wildman–Crippen LogP) is 3.66. The number of pyridine rings is 1. The van der Waals surface area contributed by atoms with Crippen molar-refractivity contribution in [1.29, 1.82) is 0 Å². The van der Waals surface area contributed by atoms with Gasteiger partial charge >= 0.3 is 17.3 Å². The largest absolute Gasteiger partial charge is 0.477 e. The highest BCUT2D eigenvalue weighted by Crippen LogP contribution is 2.24. The number of aromatic nitrogens is 4. The SMILES string of the molecule is Cc1ccc(Cn2c(Nc3ccc(Oc4ccnc(C(=O)O)c4)cc3)nc(=O)n(CC(F)F)c2=O)cc1. The molecule has 0 atom stereocenters. The molecule has 2 aromatic carbocycles. The third-order valence-corrected chi connectivity index (χ3v) is 5.23. The summed E-state index contributed by atoms with van der Waals surface area (Å²) in [5, 5.41) is 12.0. The number of anilines is 2. The number of hydrogen-bond acceptors (Lipinski definition) is 7. The van der Waals surface area contributed by atoms with Crippen molar-refractivity contribution in [3.8, 4) is 11.5 Å². The first-order chi connectivity index (χ1) is 17.7. The van der Waals surface area contributed by atoms with E-state index in [0.717, 1.165) is 10.1 Å². The first kappa shape index (κ1) is 25.2. The third kappa shape index (κ3) is 6.23. The Hall–Kier alpha value is -4.87. The highest BCUT2D eigenvalue weighted by molar-refractivity contribution is 5.85. The van der Waals surface area contributed by atoms with Crippen LogP contribution in [0.5, 0.6) is 11.5 Å². The number of aromatic carboxylic acids is 1. The lowest BCUT2D eigenvalue weighted by Crippen LogP contribution is -2.43. The average Bonchev–Trinajstić information content (AvgIpc) is 2.86. The number of rotatable bonds is 9. The fraction of sp³-hybridized carbons (Fsp3) is 0.160. The molecule has 10 nitrogen and oxygen atoms in total. The molecule has 0 radical (unpaired) electrons. The Labute approximate surface area is 208 Å². The first-order valence-corrected chi connectivity index (χ1v) is 11.0. The molecule has 0 unspecified atom stereocenters. The maximum Gasteiger partial charge on any atom is 0.355 e. The van der Waals surface area contributed by atoms with Gasteiger partial charge in [0.25, 0.3) is 6.43 Å². The van der Waals surface area contributed by atoms with Crippen LogP contribution in [0.2, 0.25) is 0 Å². The second-order valence-electron chi connectivity index (χ2n) is 8.01. The number of carbonyl (C=O) groups is 1. The van der Waals surface area contributed by atoms with Gasteiger partial charge in [-0.3, -0.25) is 4.57 Å². The van der Waals surface area contributed by atoms with Gasteiger partial charge < -0.3 is 15.2 Å². The maximum atomic E-state index is 13.0. The van der Waals surface area contributed by atoms with E-state index in [1.165, 1.54) is 18.3 Å². The van der Waals surface area contributed by atoms with Crippen LogP contribution in [-0.4, -0.2) is 36.6 Å². The van der Waals surface area contributed by atoms with E-state index in [1.807, 2.05) is 19.1 Å². The van der Waals surface area contributed by atoms with Crippen molar-refractivity contribution in [3.05, 3.63) is 105 Å². The molecular formula is C25H21F2N5O5. The van der Waals surface area contributed by atoms with E-state index in [1.54, 1.807) is 36.4 Å². The molecule has 12 heteroatoms. The lowest BCUT2D eigenvalue weighted by atomic mass is 10.1. The second-order valence-corrected chi connectivity index (χ2v) is 8.01. The molecule has 2 N–H and O–H groups in total. The van der Waals surface area contributed by atoms with Gasteiger partial charge in [-0.25, -0.2) is 32.7 Å². The van der Waals surface area contributed by atoms with Crippen LogP contribution in [0.4, 0.5) is 20.4 Å². The van der Waals surface area contributed by atoms with Crippen molar-refractivity contribution in [2.24, 2.45) is 0 Å². The summed E-state index contributed by atoms with van der Waals surface area (Å²) in [5.74, 6) is -0.658. The van der Waals surface area contributed by atoms with Gasteiger partial charge in [0.05, 0.1) is 13.1 Å². The van der Waals surface area contributed by atoms with Crippen molar-refractivity contribution in [1.82, 2.24) is 19.1 Å². The Morgan fingerprint density at radius 3 is 2.38 bits per heavy atom. The molecule has 2 aromatic heterocycles. The highest BCUT2D eigenvalue weighted by Gasteiger charge is 2.17. The van der Waals surface area contributed by atoms with Gasteiger partial charge in [0, 0.05) is 18.0 Å². The van der Waals surface area contributed by atoms with Gasteiger partial charge in [-0.2, -0.15) is 4.98 Å². The van der Waals surface area contributed by atoms with Crippen LogP contribution in [0, 0.1) is 6.92 Å². The Morgan fingerprint density at radius 2 is 1.73 bits per heavy atom. The monoisotopic (exact) mass is 509 g/mol. The molecule has 0 aliphatic carbocycles. The lowest BCUT2D eigenvalue weighted by molar-refractivity contribution is 0.0690. The van der Waals surface area contributed by atoms with Crippen LogP contribution < -0.4 is 21.4 Å². The number of ether oxygens (including phenoxy) is 1. The summed E-state index contributed by atoms with van der Waals surface area (Å²) in [4.78, 5) is 44.0. The Bertz CT molecular complexity index is 1530. The van der Waals surface area contributed by atoms with E-state index >= 15 is 0 Å². The summed E-state index contributed by atoms with van der Waals surface area (Å²) < 4.78 is 33.2.